The van der Waals surface area contributed by atoms with Crippen LogP contribution >= 0.6 is 11.3 Å². The summed E-state index contributed by atoms with van der Waals surface area (Å²) in [6.07, 6.45) is 8.35. The lowest BCUT2D eigenvalue weighted by molar-refractivity contribution is 0.122. The molecule has 0 aromatic carbocycles. The minimum Gasteiger partial charge on any atom is -0.378 e. The number of thiophene rings is 1. The molecule has 3 aliphatic heterocycles. The van der Waals surface area contributed by atoms with Crippen LogP contribution in [0.25, 0.3) is 10.4 Å². The molecule has 2 amide bonds. The molecule has 9 heteroatoms. The quantitative estimate of drug-likeness (QED) is 0.545. The maximum atomic E-state index is 12.4. The van der Waals surface area contributed by atoms with Crippen LogP contribution in [0.2, 0.25) is 0 Å². The van der Waals surface area contributed by atoms with Crippen LogP contribution in [0.1, 0.15) is 44.9 Å². The standard InChI is InChI=1S/C30H44N6O2S/c37-30(36-10-1-2-11-36)31-26-7-5-24(6-8-26)9-12-33-13-15-34(16-14-33)28-22-25(27-4-3-21-39-27)23-29(32-28)35-17-19-38-20-18-35/h3-4,21-24,26H,1-2,5-20H2,(H,31,37). The number of rotatable bonds is 7. The number of hydrogen-bond acceptors (Lipinski definition) is 7. The first kappa shape index (κ1) is 26.8. The van der Waals surface area contributed by atoms with Gasteiger partial charge in [-0.15, -0.1) is 11.3 Å². The molecule has 0 radical (unpaired) electrons. The van der Waals surface area contributed by atoms with Crippen LogP contribution in [0.5, 0.6) is 0 Å². The third kappa shape index (κ3) is 6.87. The highest BCUT2D eigenvalue weighted by Crippen LogP contribution is 2.32. The summed E-state index contributed by atoms with van der Waals surface area (Å²) in [5.41, 5.74) is 1.27. The number of likely N-dealkylation sites (tertiary alicyclic amines) is 1. The van der Waals surface area contributed by atoms with Crippen LogP contribution in [0.3, 0.4) is 0 Å². The minimum absolute atomic E-state index is 0.168. The third-order valence-corrected chi connectivity index (χ3v) is 9.98. The molecular weight excluding hydrogens is 508 g/mol. The third-order valence-electron chi connectivity index (χ3n) is 9.06. The molecule has 0 spiro atoms. The van der Waals surface area contributed by atoms with Gasteiger partial charge in [0.15, 0.2) is 0 Å². The molecule has 0 atom stereocenters. The van der Waals surface area contributed by atoms with Crippen molar-refractivity contribution in [2.75, 3.05) is 81.9 Å². The first-order chi connectivity index (χ1) is 19.2. The number of morpholine rings is 1. The summed E-state index contributed by atoms with van der Waals surface area (Å²) in [4.78, 5) is 28.3. The zero-order valence-corrected chi connectivity index (χ0v) is 24.0. The van der Waals surface area contributed by atoms with Gasteiger partial charge in [0.25, 0.3) is 0 Å². The molecule has 39 heavy (non-hydrogen) atoms. The SMILES string of the molecule is O=C(NC1CCC(CCN2CCN(c3cc(-c4cccs4)cc(N4CCOCC4)n3)CC2)CC1)N1CCCC1. The number of hydrogen-bond donors (Lipinski definition) is 1. The second kappa shape index (κ2) is 12.9. The largest absolute Gasteiger partial charge is 0.378 e. The molecule has 2 aromatic rings. The van der Waals surface area contributed by atoms with Crippen molar-refractivity contribution in [3.8, 4) is 10.4 Å². The van der Waals surface area contributed by atoms with Gasteiger partial charge in [-0.3, -0.25) is 4.90 Å². The molecule has 1 aliphatic carbocycles. The molecule has 4 aliphatic rings. The number of anilines is 2. The van der Waals surface area contributed by atoms with E-state index in [9.17, 15) is 4.79 Å². The number of carbonyl (C=O) groups excluding carboxylic acids is 1. The summed E-state index contributed by atoms with van der Waals surface area (Å²) in [5.74, 6) is 2.98. The maximum Gasteiger partial charge on any atom is 0.317 e. The first-order valence-electron chi connectivity index (χ1n) is 15.1. The molecule has 8 nitrogen and oxygen atoms in total. The van der Waals surface area contributed by atoms with Crippen molar-refractivity contribution >= 4 is 29.0 Å². The topological polar surface area (TPSA) is 64.2 Å². The van der Waals surface area contributed by atoms with Gasteiger partial charge in [-0.1, -0.05) is 6.07 Å². The second-order valence-corrected chi connectivity index (χ2v) is 12.6. The molecule has 1 saturated carbocycles. The molecule has 0 unspecified atom stereocenters. The number of nitrogens with one attached hydrogen (secondary N) is 1. The molecule has 5 heterocycles. The fraction of sp³-hybridized carbons (Fsp3) is 0.667. The number of pyridine rings is 1. The van der Waals surface area contributed by atoms with E-state index in [0.717, 1.165) is 109 Å². The highest BCUT2D eigenvalue weighted by molar-refractivity contribution is 7.13. The highest BCUT2D eigenvalue weighted by Gasteiger charge is 2.27. The van der Waals surface area contributed by atoms with Crippen molar-refractivity contribution in [1.29, 1.82) is 0 Å². The predicted octanol–water partition coefficient (Wildman–Crippen LogP) is 4.52. The number of nitrogens with zero attached hydrogens (tertiary/aromatic N) is 5. The summed E-state index contributed by atoms with van der Waals surface area (Å²) in [5, 5.41) is 5.45. The van der Waals surface area contributed by atoms with Gasteiger partial charge in [0.05, 0.1) is 13.2 Å². The molecule has 6 rings (SSSR count). The molecule has 3 saturated heterocycles. The summed E-state index contributed by atoms with van der Waals surface area (Å²) in [6.45, 7) is 10.6. The Kier molecular flexibility index (Phi) is 8.86. The van der Waals surface area contributed by atoms with Gasteiger partial charge < -0.3 is 24.8 Å². The van der Waals surface area contributed by atoms with Gasteiger partial charge in [-0.2, -0.15) is 0 Å². The molecule has 2 aromatic heterocycles. The normalized spacial score (nSPS) is 24.8. The number of amides is 2. The van der Waals surface area contributed by atoms with E-state index in [1.165, 1.54) is 36.2 Å². The molecule has 4 fully saturated rings. The van der Waals surface area contributed by atoms with Crippen molar-refractivity contribution in [3.05, 3.63) is 29.6 Å². The Morgan fingerprint density at radius 2 is 1.62 bits per heavy atom. The lowest BCUT2D eigenvalue weighted by Crippen LogP contribution is -2.47. The van der Waals surface area contributed by atoms with Crippen molar-refractivity contribution in [2.45, 2.75) is 51.0 Å². The van der Waals surface area contributed by atoms with Crippen LogP contribution in [0, 0.1) is 5.92 Å². The lowest BCUT2D eigenvalue weighted by Gasteiger charge is -2.37. The van der Waals surface area contributed by atoms with Gasteiger partial charge in [0, 0.05) is 63.3 Å². The van der Waals surface area contributed by atoms with Gasteiger partial charge in [0.2, 0.25) is 0 Å². The van der Waals surface area contributed by atoms with E-state index in [1.807, 2.05) is 4.90 Å². The van der Waals surface area contributed by atoms with E-state index in [0.29, 0.717) is 6.04 Å². The Morgan fingerprint density at radius 3 is 2.28 bits per heavy atom. The molecule has 1 N–H and O–H groups in total. The van der Waals surface area contributed by atoms with Gasteiger partial charge >= 0.3 is 6.03 Å². The number of aromatic nitrogens is 1. The Morgan fingerprint density at radius 1 is 0.923 bits per heavy atom. The lowest BCUT2D eigenvalue weighted by atomic mass is 9.84. The summed E-state index contributed by atoms with van der Waals surface area (Å²) in [6, 6.07) is 9.42. The van der Waals surface area contributed by atoms with Crippen LogP contribution in [0.15, 0.2) is 29.6 Å². The Balaban J connectivity index is 0.979. The van der Waals surface area contributed by atoms with E-state index in [1.54, 1.807) is 11.3 Å². The second-order valence-electron chi connectivity index (χ2n) is 11.6. The van der Waals surface area contributed by atoms with Crippen LogP contribution < -0.4 is 15.1 Å². The van der Waals surface area contributed by atoms with Crippen molar-refractivity contribution in [3.63, 3.8) is 0 Å². The predicted molar refractivity (Wildman–Crippen MR) is 159 cm³/mol. The summed E-state index contributed by atoms with van der Waals surface area (Å²) < 4.78 is 5.59. The van der Waals surface area contributed by atoms with Crippen LogP contribution in [0.4, 0.5) is 16.4 Å². The molecule has 212 valence electrons. The van der Waals surface area contributed by atoms with Gasteiger partial charge in [-0.25, -0.2) is 9.78 Å². The van der Waals surface area contributed by atoms with E-state index in [4.69, 9.17) is 9.72 Å². The van der Waals surface area contributed by atoms with Gasteiger partial charge in [0.1, 0.15) is 11.6 Å². The smallest absolute Gasteiger partial charge is 0.317 e. The van der Waals surface area contributed by atoms with Crippen molar-refractivity contribution < 1.29 is 9.53 Å². The minimum atomic E-state index is 0.168. The number of ether oxygens (including phenoxy) is 1. The average molecular weight is 553 g/mol. The zero-order chi connectivity index (χ0) is 26.4. The maximum absolute atomic E-state index is 12.4. The van der Waals surface area contributed by atoms with Gasteiger partial charge in [-0.05, 0) is 86.6 Å². The first-order valence-corrected chi connectivity index (χ1v) is 16.0. The Labute approximate surface area is 237 Å². The van der Waals surface area contributed by atoms with E-state index in [-0.39, 0.29) is 6.03 Å². The fourth-order valence-corrected chi connectivity index (χ4v) is 7.27. The Hall–Kier alpha value is -2.36. The fourth-order valence-electron chi connectivity index (χ4n) is 6.55. The van der Waals surface area contributed by atoms with Crippen molar-refractivity contribution in [2.24, 2.45) is 5.92 Å². The molecule has 0 bridgehead atoms. The van der Waals surface area contributed by atoms with E-state index < -0.39 is 0 Å². The van der Waals surface area contributed by atoms with E-state index >= 15 is 0 Å². The van der Waals surface area contributed by atoms with Crippen LogP contribution in [-0.4, -0.2) is 99.0 Å². The average Bonchev–Trinajstić information content (AvgIpc) is 3.73. The number of urea groups is 1. The van der Waals surface area contributed by atoms with E-state index in [2.05, 4.69) is 49.7 Å². The summed E-state index contributed by atoms with van der Waals surface area (Å²) in [7, 11) is 0. The molecular formula is C30H44N6O2S. The summed E-state index contributed by atoms with van der Waals surface area (Å²) >= 11 is 1.80. The van der Waals surface area contributed by atoms with Crippen LogP contribution in [-0.2, 0) is 4.74 Å². The highest BCUT2D eigenvalue weighted by atomic mass is 32.1. The number of carbonyl (C=O) groups is 1. The number of piperazine rings is 1. The Bertz CT molecular complexity index is 1050. The van der Waals surface area contributed by atoms with Crippen molar-refractivity contribution in [1.82, 2.24) is 20.1 Å². The monoisotopic (exact) mass is 552 g/mol. The zero-order valence-electron chi connectivity index (χ0n) is 23.2.